The zero-order chi connectivity index (χ0) is 10.5. The van der Waals surface area contributed by atoms with Crippen molar-refractivity contribution in [2.45, 2.75) is 51.4 Å². The highest BCUT2D eigenvalue weighted by molar-refractivity contribution is 7.99. The van der Waals surface area contributed by atoms with Crippen LogP contribution in [0.25, 0.3) is 0 Å². The predicted octanol–water partition coefficient (Wildman–Crippen LogP) is 3.67. The number of hydrogen-bond donors (Lipinski definition) is 0. The van der Waals surface area contributed by atoms with E-state index in [4.69, 9.17) is 0 Å². The van der Waals surface area contributed by atoms with Crippen molar-refractivity contribution in [3.63, 3.8) is 0 Å². The summed E-state index contributed by atoms with van der Waals surface area (Å²) < 4.78 is 0. The van der Waals surface area contributed by atoms with Gasteiger partial charge in [0, 0.05) is 5.92 Å². The number of carbonyl (C=O) groups is 1. The van der Waals surface area contributed by atoms with Crippen LogP contribution < -0.4 is 0 Å². The van der Waals surface area contributed by atoms with Crippen molar-refractivity contribution < 1.29 is 4.79 Å². The second-order valence-electron chi connectivity index (χ2n) is 5.11. The monoisotopic (exact) mass is 226 g/mol. The minimum atomic E-state index is 0.432. The number of hydrogen-bond acceptors (Lipinski definition) is 2. The Morgan fingerprint density at radius 1 is 1.00 bits per heavy atom. The molecule has 1 nitrogen and oxygen atoms in total. The van der Waals surface area contributed by atoms with Gasteiger partial charge in [-0.25, -0.2) is 0 Å². The van der Waals surface area contributed by atoms with Crippen LogP contribution in [0.1, 0.15) is 51.4 Å². The van der Waals surface area contributed by atoms with Crippen molar-refractivity contribution in [1.29, 1.82) is 0 Å². The van der Waals surface area contributed by atoms with Crippen molar-refractivity contribution in [3.8, 4) is 0 Å². The smallest absolute Gasteiger partial charge is 0.145 e. The van der Waals surface area contributed by atoms with E-state index in [9.17, 15) is 4.79 Å². The summed E-state index contributed by atoms with van der Waals surface area (Å²) in [6, 6.07) is 0. The largest absolute Gasteiger partial charge is 0.298 e. The van der Waals surface area contributed by atoms with Gasteiger partial charge in [-0.05, 0) is 37.4 Å². The first-order valence-electron chi connectivity index (χ1n) is 6.46. The van der Waals surface area contributed by atoms with Gasteiger partial charge in [-0.1, -0.05) is 25.7 Å². The molecule has 2 heteroatoms. The molecule has 0 atom stereocenters. The molecule has 0 aromatic heterocycles. The Bertz CT molecular complexity index is 203. The number of ketones is 1. The summed E-state index contributed by atoms with van der Waals surface area (Å²) >= 11 is 1.90. The molecule has 2 rings (SSSR count). The molecule has 0 unspecified atom stereocenters. The molecule has 2 aliphatic carbocycles. The van der Waals surface area contributed by atoms with E-state index < -0.39 is 0 Å². The third kappa shape index (κ3) is 3.51. The molecule has 0 bridgehead atoms. The summed E-state index contributed by atoms with van der Waals surface area (Å²) in [5, 5.41) is 0. The zero-order valence-corrected chi connectivity index (χ0v) is 10.4. The maximum absolute atomic E-state index is 11.8. The molecule has 86 valence electrons. The van der Waals surface area contributed by atoms with E-state index in [2.05, 4.69) is 0 Å². The number of carbonyl (C=O) groups excluding carboxylic acids is 1. The fourth-order valence-electron chi connectivity index (χ4n) is 2.87. The third-order valence-electron chi connectivity index (χ3n) is 3.88. The Morgan fingerprint density at radius 3 is 2.27 bits per heavy atom. The first kappa shape index (κ1) is 11.5. The van der Waals surface area contributed by atoms with Crippen LogP contribution in [-0.2, 0) is 4.79 Å². The summed E-state index contributed by atoms with van der Waals surface area (Å²) in [4.78, 5) is 11.8. The third-order valence-corrected chi connectivity index (χ3v) is 5.08. The first-order valence-corrected chi connectivity index (χ1v) is 7.62. The van der Waals surface area contributed by atoms with Crippen molar-refractivity contribution in [2.75, 3.05) is 11.5 Å². The van der Waals surface area contributed by atoms with E-state index in [1.807, 2.05) is 11.8 Å². The standard InChI is InChI=1S/C13H22OS/c14-13(12-7-3-4-8-12)10-15-9-11-5-1-2-6-11/h11-12H,1-10H2. The minimum Gasteiger partial charge on any atom is -0.298 e. The quantitative estimate of drug-likeness (QED) is 0.711. The minimum absolute atomic E-state index is 0.432. The Balaban J connectivity index is 1.58. The molecule has 2 aliphatic rings. The molecular formula is C13H22OS. The predicted molar refractivity (Wildman–Crippen MR) is 66.2 cm³/mol. The average Bonchev–Trinajstić information content (AvgIpc) is 2.90. The molecule has 0 aliphatic heterocycles. The van der Waals surface area contributed by atoms with Crippen molar-refractivity contribution in [3.05, 3.63) is 0 Å². The van der Waals surface area contributed by atoms with Gasteiger partial charge in [0.1, 0.15) is 5.78 Å². The van der Waals surface area contributed by atoms with Gasteiger partial charge < -0.3 is 0 Å². The van der Waals surface area contributed by atoms with Crippen LogP contribution >= 0.6 is 11.8 Å². The van der Waals surface area contributed by atoms with Crippen molar-refractivity contribution in [1.82, 2.24) is 0 Å². The van der Waals surface area contributed by atoms with E-state index in [1.54, 1.807) is 0 Å². The Kier molecular flexibility index (Phi) is 4.55. The van der Waals surface area contributed by atoms with Gasteiger partial charge in [-0.3, -0.25) is 4.79 Å². The van der Waals surface area contributed by atoms with E-state index in [-0.39, 0.29) is 0 Å². The highest BCUT2D eigenvalue weighted by Crippen LogP contribution is 2.30. The van der Waals surface area contributed by atoms with E-state index in [0.29, 0.717) is 11.7 Å². The zero-order valence-electron chi connectivity index (χ0n) is 9.54. The number of rotatable bonds is 5. The molecule has 2 saturated carbocycles. The summed E-state index contributed by atoms with van der Waals surface area (Å²) in [7, 11) is 0. The molecule has 2 fully saturated rings. The van der Waals surface area contributed by atoms with Crippen LogP contribution in [0.2, 0.25) is 0 Å². The maximum Gasteiger partial charge on any atom is 0.145 e. The number of thioether (sulfide) groups is 1. The lowest BCUT2D eigenvalue weighted by molar-refractivity contribution is -0.120. The first-order chi connectivity index (χ1) is 7.36. The van der Waals surface area contributed by atoms with Crippen molar-refractivity contribution in [2.24, 2.45) is 11.8 Å². The van der Waals surface area contributed by atoms with Crippen LogP contribution in [0.5, 0.6) is 0 Å². The van der Waals surface area contributed by atoms with Gasteiger partial charge in [0.15, 0.2) is 0 Å². The van der Waals surface area contributed by atoms with Gasteiger partial charge in [0.25, 0.3) is 0 Å². The van der Waals surface area contributed by atoms with Crippen LogP contribution in [-0.4, -0.2) is 17.3 Å². The van der Waals surface area contributed by atoms with Crippen LogP contribution in [0.15, 0.2) is 0 Å². The van der Waals surface area contributed by atoms with Gasteiger partial charge >= 0.3 is 0 Å². The maximum atomic E-state index is 11.8. The Morgan fingerprint density at radius 2 is 1.60 bits per heavy atom. The van der Waals surface area contributed by atoms with Gasteiger partial charge in [0.2, 0.25) is 0 Å². The van der Waals surface area contributed by atoms with Crippen LogP contribution in [0, 0.1) is 11.8 Å². The van der Waals surface area contributed by atoms with Gasteiger partial charge in [-0.15, -0.1) is 0 Å². The molecule has 0 spiro atoms. The van der Waals surface area contributed by atoms with E-state index in [1.165, 1.54) is 57.1 Å². The lowest BCUT2D eigenvalue weighted by atomic mass is 10.0. The molecule has 0 radical (unpaired) electrons. The van der Waals surface area contributed by atoms with Gasteiger partial charge in [0.05, 0.1) is 5.75 Å². The Labute approximate surface area is 97.4 Å². The second kappa shape index (κ2) is 5.93. The molecule has 0 amide bonds. The Hall–Kier alpha value is 0.0200. The lowest BCUT2D eigenvalue weighted by Crippen LogP contribution is -2.14. The molecule has 15 heavy (non-hydrogen) atoms. The topological polar surface area (TPSA) is 17.1 Å². The average molecular weight is 226 g/mol. The molecular weight excluding hydrogens is 204 g/mol. The van der Waals surface area contributed by atoms with Crippen LogP contribution in [0.4, 0.5) is 0 Å². The molecule has 0 aromatic rings. The van der Waals surface area contributed by atoms with E-state index >= 15 is 0 Å². The fourth-order valence-corrected chi connectivity index (χ4v) is 4.09. The highest BCUT2D eigenvalue weighted by Gasteiger charge is 2.22. The lowest BCUT2D eigenvalue weighted by Gasteiger charge is -2.10. The molecule has 0 aromatic carbocycles. The molecule has 0 heterocycles. The summed E-state index contributed by atoms with van der Waals surface area (Å²) in [5.41, 5.74) is 0. The number of Topliss-reactive ketones (excluding diaryl/α,β-unsaturated/α-hetero) is 1. The molecule has 0 saturated heterocycles. The summed E-state index contributed by atoms with van der Waals surface area (Å²) in [5.74, 6) is 3.92. The second-order valence-corrected chi connectivity index (χ2v) is 6.14. The normalized spacial score (nSPS) is 23.7. The molecule has 0 N–H and O–H groups in total. The van der Waals surface area contributed by atoms with Crippen molar-refractivity contribution >= 4 is 17.5 Å². The van der Waals surface area contributed by atoms with Crippen LogP contribution in [0.3, 0.4) is 0 Å². The highest BCUT2D eigenvalue weighted by atomic mass is 32.2. The summed E-state index contributed by atoms with van der Waals surface area (Å²) in [6.45, 7) is 0. The van der Waals surface area contributed by atoms with Gasteiger partial charge in [-0.2, -0.15) is 11.8 Å². The van der Waals surface area contributed by atoms with E-state index in [0.717, 1.165) is 11.7 Å². The fraction of sp³-hybridized carbons (Fsp3) is 0.923. The summed E-state index contributed by atoms with van der Waals surface area (Å²) in [6.07, 6.45) is 10.6. The SMILES string of the molecule is O=C(CSCC1CCCC1)C1CCCC1.